The summed E-state index contributed by atoms with van der Waals surface area (Å²) in [6, 6.07) is 3.66. The van der Waals surface area contributed by atoms with Gasteiger partial charge in [0, 0.05) is 10.9 Å². The van der Waals surface area contributed by atoms with Gasteiger partial charge in [-0.2, -0.15) is 0 Å². The molecule has 0 N–H and O–H groups in total. The van der Waals surface area contributed by atoms with E-state index in [2.05, 4.69) is 20.9 Å². The SMILES string of the molecule is Clc1cc(Br)c2oc(C3CC3)nc2c1. The van der Waals surface area contributed by atoms with Crippen LogP contribution in [0.1, 0.15) is 24.7 Å². The van der Waals surface area contributed by atoms with E-state index in [-0.39, 0.29) is 0 Å². The van der Waals surface area contributed by atoms with Crippen LogP contribution in [0.3, 0.4) is 0 Å². The fraction of sp³-hybridized carbons (Fsp3) is 0.300. The van der Waals surface area contributed by atoms with Crippen LogP contribution in [0, 0.1) is 0 Å². The summed E-state index contributed by atoms with van der Waals surface area (Å²) in [6.45, 7) is 0. The van der Waals surface area contributed by atoms with Gasteiger partial charge in [-0.25, -0.2) is 4.98 Å². The molecule has 0 saturated heterocycles. The molecule has 1 aliphatic rings. The highest BCUT2D eigenvalue weighted by atomic mass is 79.9. The maximum absolute atomic E-state index is 5.92. The molecule has 4 heteroatoms. The van der Waals surface area contributed by atoms with Crippen molar-refractivity contribution >= 4 is 38.6 Å². The molecule has 72 valence electrons. The van der Waals surface area contributed by atoms with Crippen molar-refractivity contribution in [2.75, 3.05) is 0 Å². The van der Waals surface area contributed by atoms with Gasteiger partial charge in [-0.15, -0.1) is 0 Å². The van der Waals surface area contributed by atoms with Gasteiger partial charge >= 0.3 is 0 Å². The van der Waals surface area contributed by atoms with Crippen molar-refractivity contribution in [3.8, 4) is 0 Å². The Balaban J connectivity index is 2.26. The second kappa shape index (κ2) is 2.97. The Morgan fingerprint density at radius 1 is 1.43 bits per heavy atom. The van der Waals surface area contributed by atoms with Crippen LogP contribution < -0.4 is 0 Å². The number of hydrogen-bond donors (Lipinski definition) is 0. The summed E-state index contributed by atoms with van der Waals surface area (Å²) in [6.07, 6.45) is 2.39. The Labute approximate surface area is 94.4 Å². The summed E-state index contributed by atoms with van der Waals surface area (Å²) in [4.78, 5) is 4.42. The van der Waals surface area contributed by atoms with Gasteiger partial charge in [0.05, 0.1) is 4.47 Å². The van der Waals surface area contributed by atoms with Crippen molar-refractivity contribution in [1.29, 1.82) is 0 Å². The van der Waals surface area contributed by atoms with Gasteiger partial charge in [-0.3, -0.25) is 0 Å². The highest BCUT2D eigenvalue weighted by molar-refractivity contribution is 9.10. The molecule has 3 rings (SSSR count). The smallest absolute Gasteiger partial charge is 0.198 e. The number of fused-ring (bicyclic) bond motifs is 1. The summed E-state index contributed by atoms with van der Waals surface area (Å²) in [5, 5.41) is 0.681. The molecule has 0 unspecified atom stereocenters. The fourth-order valence-corrected chi connectivity index (χ4v) is 2.36. The van der Waals surface area contributed by atoms with Crippen molar-refractivity contribution in [3.63, 3.8) is 0 Å². The molecule has 0 bridgehead atoms. The number of benzene rings is 1. The van der Waals surface area contributed by atoms with E-state index in [0.29, 0.717) is 10.9 Å². The first-order valence-electron chi connectivity index (χ1n) is 4.49. The third-order valence-corrected chi connectivity index (χ3v) is 3.16. The number of halogens is 2. The quantitative estimate of drug-likeness (QED) is 0.780. The molecule has 0 radical (unpaired) electrons. The van der Waals surface area contributed by atoms with Crippen LogP contribution >= 0.6 is 27.5 Å². The summed E-state index contributed by atoms with van der Waals surface area (Å²) >= 11 is 9.33. The van der Waals surface area contributed by atoms with E-state index >= 15 is 0 Å². The van der Waals surface area contributed by atoms with Gasteiger partial charge < -0.3 is 4.42 Å². The average molecular weight is 273 g/mol. The first kappa shape index (κ1) is 8.74. The minimum absolute atomic E-state index is 0.535. The van der Waals surface area contributed by atoms with Gasteiger partial charge in [-0.05, 0) is 40.9 Å². The monoisotopic (exact) mass is 271 g/mol. The highest BCUT2D eigenvalue weighted by Crippen LogP contribution is 2.41. The summed E-state index contributed by atoms with van der Waals surface area (Å²) < 4.78 is 6.54. The zero-order valence-electron chi connectivity index (χ0n) is 7.26. The Kier molecular flexibility index (Phi) is 1.86. The molecule has 1 saturated carbocycles. The normalized spacial score (nSPS) is 16.4. The van der Waals surface area contributed by atoms with E-state index in [4.69, 9.17) is 16.0 Å². The maximum Gasteiger partial charge on any atom is 0.198 e. The van der Waals surface area contributed by atoms with Gasteiger partial charge in [-0.1, -0.05) is 11.6 Å². The van der Waals surface area contributed by atoms with Crippen molar-refractivity contribution < 1.29 is 4.42 Å². The third kappa shape index (κ3) is 1.35. The molecule has 0 spiro atoms. The maximum atomic E-state index is 5.92. The lowest BCUT2D eigenvalue weighted by atomic mass is 10.3. The third-order valence-electron chi connectivity index (χ3n) is 2.35. The van der Waals surface area contributed by atoms with Crippen LogP contribution in [0.15, 0.2) is 21.0 Å². The number of nitrogens with zero attached hydrogens (tertiary/aromatic N) is 1. The van der Waals surface area contributed by atoms with E-state index in [9.17, 15) is 0 Å². The highest BCUT2D eigenvalue weighted by Gasteiger charge is 2.29. The number of rotatable bonds is 1. The molecule has 1 aromatic carbocycles. The van der Waals surface area contributed by atoms with E-state index < -0.39 is 0 Å². The van der Waals surface area contributed by atoms with Gasteiger partial charge in [0.1, 0.15) is 5.52 Å². The second-order valence-electron chi connectivity index (χ2n) is 3.56. The second-order valence-corrected chi connectivity index (χ2v) is 4.85. The van der Waals surface area contributed by atoms with E-state index in [1.54, 1.807) is 0 Å². The molecule has 1 aromatic heterocycles. The molecule has 1 heterocycles. The first-order chi connectivity index (χ1) is 6.74. The lowest BCUT2D eigenvalue weighted by molar-refractivity contribution is 0.532. The van der Waals surface area contributed by atoms with Crippen LogP contribution in [0.2, 0.25) is 5.02 Å². The zero-order chi connectivity index (χ0) is 9.71. The van der Waals surface area contributed by atoms with Crippen molar-refractivity contribution in [1.82, 2.24) is 4.98 Å². The predicted octanol–water partition coefficient (Wildman–Crippen LogP) is 4.12. The van der Waals surface area contributed by atoms with E-state index in [1.807, 2.05) is 12.1 Å². The molecular weight excluding hydrogens is 265 g/mol. The summed E-state index contributed by atoms with van der Waals surface area (Å²) in [5.74, 6) is 1.39. The molecule has 0 atom stereocenters. The molecular formula is C10H7BrClNO. The molecule has 14 heavy (non-hydrogen) atoms. The van der Waals surface area contributed by atoms with Crippen LogP contribution in [0.5, 0.6) is 0 Å². The first-order valence-corrected chi connectivity index (χ1v) is 5.66. The molecule has 2 nitrogen and oxygen atoms in total. The van der Waals surface area contributed by atoms with Gasteiger partial charge in [0.15, 0.2) is 11.5 Å². The van der Waals surface area contributed by atoms with Crippen LogP contribution in [0.4, 0.5) is 0 Å². The van der Waals surface area contributed by atoms with Gasteiger partial charge in [0.25, 0.3) is 0 Å². The molecule has 2 aromatic rings. The summed E-state index contributed by atoms with van der Waals surface area (Å²) in [5.41, 5.74) is 1.64. The zero-order valence-corrected chi connectivity index (χ0v) is 9.60. The van der Waals surface area contributed by atoms with E-state index in [1.165, 1.54) is 12.8 Å². The fourth-order valence-electron chi connectivity index (χ4n) is 1.48. The predicted molar refractivity (Wildman–Crippen MR) is 58.7 cm³/mol. The Morgan fingerprint density at radius 3 is 2.93 bits per heavy atom. The average Bonchev–Trinajstić information content (AvgIpc) is 2.87. The summed E-state index contributed by atoms with van der Waals surface area (Å²) in [7, 11) is 0. The Hall–Kier alpha value is -0.540. The largest absolute Gasteiger partial charge is 0.439 e. The minimum Gasteiger partial charge on any atom is -0.439 e. The van der Waals surface area contributed by atoms with Crippen LogP contribution in [-0.2, 0) is 0 Å². The Morgan fingerprint density at radius 2 is 2.21 bits per heavy atom. The van der Waals surface area contributed by atoms with Crippen molar-refractivity contribution in [3.05, 3.63) is 27.5 Å². The van der Waals surface area contributed by atoms with Crippen molar-refractivity contribution in [2.45, 2.75) is 18.8 Å². The lowest BCUT2D eigenvalue weighted by Crippen LogP contribution is -1.75. The number of oxazole rings is 1. The Bertz CT molecular complexity index is 504. The van der Waals surface area contributed by atoms with Gasteiger partial charge in [0.2, 0.25) is 0 Å². The topological polar surface area (TPSA) is 26.0 Å². The molecule has 1 aliphatic carbocycles. The standard InChI is InChI=1S/C10H7BrClNO/c11-7-3-6(12)4-8-9(7)14-10(13-8)5-1-2-5/h3-5H,1-2H2. The number of aromatic nitrogens is 1. The van der Waals surface area contributed by atoms with Crippen LogP contribution in [-0.4, -0.2) is 4.98 Å². The molecule has 0 amide bonds. The molecule has 1 fully saturated rings. The van der Waals surface area contributed by atoms with E-state index in [0.717, 1.165) is 21.5 Å². The minimum atomic E-state index is 0.535. The number of hydrogen-bond acceptors (Lipinski definition) is 2. The lowest BCUT2D eigenvalue weighted by Gasteiger charge is -1.91. The molecule has 0 aliphatic heterocycles. The van der Waals surface area contributed by atoms with Crippen molar-refractivity contribution in [2.24, 2.45) is 0 Å². The van der Waals surface area contributed by atoms with Crippen LogP contribution in [0.25, 0.3) is 11.1 Å².